The average molecular weight is 507 g/mol. The number of aromatic nitrogens is 6. The van der Waals surface area contributed by atoms with Crippen molar-refractivity contribution >= 4 is 36.2 Å². The smallest absolute Gasteiger partial charge is 0.408 e. The van der Waals surface area contributed by atoms with Crippen LogP contribution in [0.2, 0.25) is 0 Å². The number of carboxylic acid groups (broad SMARTS) is 1. The summed E-state index contributed by atoms with van der Waals surface area (Å²) in [5, 5.41) is 17.1. The van der Waals surface area contributed by atoms with Crippen LogP contribution in [0, 0.1) is 0 Å². The van der Waals surface area contributed by atoms with E-state index in [1.807, 2.05) is 0 Å². The maximum absolute atomic E-state index is 13.3. The second-order valence-corrected chi connectivity index (χ2v) is 7.96. The molecule has 0 aliphatic carbocycles. The molecule has 35 heavy (non-hydrogen) atoms. The molecule has 2 N–H and O–H groups in total. The molecular weight excluding hydrogens is 487 g/mol. The number of H-pyrrole nitrogens is 1. The van der Waals surface area contributed by atoms with Crippen LogP contribution in [-0.4, -0.2) is 59.4 Å². The number of rotatable bonds is 5. The van der Waals surface area contributed by atoms with Crippen molar-refractivity contribution in [1.29, 1.82) is 0 Å². The van der Waals surface area contributed by atoms with Crippen LogP contribution in [-0.2, 0) is 6.54 Å². The molecule has 1 fully saturated rings. The van der Waals surface area contributed by atoms with Crippen molar-refractivity contribution < 1.29 is 23.1 Å². The van der Waals surface area contributed by atoms with Crippen LogP contribution in [0.25, 0.3) is 17.0 Å². The first-order chi connectivity index (χ1) is 16.2. The largest absolute Gasteiger partial charge is 0.478 e. The zero-order chi connectivity index (χ0) is 24.0. The fourth-order valence-corrected chi connectivity index (χ4v) is 4.15. The van der Waals surface area contributed by atoms with Crippen LogP contribution in [0.3, 0.4) is 0 Å². The number of carbonyl (C=O) groups is 1. The van der Waals surface area contributed by atoms with Crippen molar-refractivity contribution in [3.63, 3.8) is 0 Å². The Morgan fingerprint density at radius 1 is 1.17 bits per heavy atom. The van der Waals surface area contributed by atoms with Gasteiger partial charge in [0.1, 0.15) is 11.6 Å². The van der Waals surface area contributed by atoms with Gasteiger partial charge in [0.05, 0.1) is 24.5 Å². The molecule has 0 amide bonds. The van der Waals surface area contributed by atoms with E-state index < -0.39 is 23.7 Å². The lowest BCUT2D eigenvalue weighted by molar-refractivity contribution is -0.145. The summed E-state index contributed by atoms with van der Waals surface area (Å²) in [7, 11) is 0. The number of fused-ring (bicyclic) bond motifs is 1. The number of benzene rings is 1. The highest BCUT2D eigenvalue weighted by molar-refractivity contribution is 7.59. The first-order valence-corrected chi connectivity index (χ1v) is 10.4. The van der Waals surface area contributed by atoms with Gasteiger partial charge in [0, 0.05) is 18.4 Å². The van der Waals surface area contributed by atoms with Crippen molar-refractivity contribution in [3.05, 3.63) is 64.3 Å². The second kappa shape index (κ2) is 9.09. The number of hydrogen-bond acceptors (Lipinski definition) is 6. The van der Waals surface area contributed by atoms with E-state index in [4.69, 9.17) is 5.11 Å². The van der Waals surface area contributed by atoms with Gasteiger partial charge in [-0.15, -0.1) is 0 Å². The van der Waals surface area contributed by atoms with Crippen molar-refractivity contribution in [2.75, 3.05) is 11.4 Å². The molecule has 1 aromatic carbocycles. The molecule has 0 radical (unpaired) electrons. The van der Waals surface area contributed by atoms with Crippen LogP contribution in [0.1, 0.15) is 28.8 Å². The number of hydrogen-bond donors (Lipinski definition) is 2. The molecule has 1 atom stereocenters. The fourth-order valence-electron chi connectivity index (χ4n) is 4.15. The Balaban J connectivity index is 0.00000289. The van der Waals surface area contributed by atoms with Crippen LogP contribution >= 0.6 is 13.5 Å². The minimum atomic E-state index is -4.28. The van der Waals surface area contributed by atoms with Gasteiger partial charge in [-0.2, -0.15) is 36.9 Å². The number of aromatic carboxylic acids is 1. The molecule has 5 rings (SSSR count). The van der Waals surface area contributed by atoms with Crippen molar-refractivity contribution in [2.45, 2.75) is 31.6 Å². The van der Waals surface area contributed by atoms with Crippen LogP contribution in [0.4, 0.5) is 18.9 Å². The molecule has 4 aromatic rings. The minimum Gasteiger partial charge on any atom is -0.478 e. The summed E-state index contributed by atoms with van der Waals surface area (Å²) in [6, 6.07) is 5.23. The zero-order valence-corrected chi connectivity index (χ0v) is 19.0. The quantitative estimate of drug-likeness (QED) is 0.426. The van der Waals surface area contributed by atoms with E-state index in [1.165, 1.54) is 22.0 Å². The Morgan fingerprint density at radius 2 is 1.91 bits per heavy atom. The van der Waals surface area contributed by atoms with E-state index in [2.05, 4.69) is 20.2 Å². The van der Waals surface area contributed by atoms with Crippen molar-refractivity contribution in [3.8, 4) is 5.95 Å². The lowest BCUT2D eigenvalue weighted by atomic mass is 10.1. The lowest BCUT2D eigenvalue weighted by Gasteiger charge is -2.28. The second-order valence-electron chi connectivity index (χ2n) is 7.96. The fraction of sp³-hybridized carbons (Fsp3) is 0.286. The summed E-state index contributed by atoms with van der Waals surface area (Å²) < 4.78 is 42.4. The molecule has 4 heterocycles. The number of alkyl halides is 3. The molecule has 10 nitrogen and oxygen atoms in total. The minimum absolute atomic E-state index is 0. The summed E-state index contributed by atoms with van der Waals surface area (Å²) >= 11 is 0. The van der Waals surface area contributed by atoms with Crippen molar-refractivity contribution in [1.82, 2.24) is 29.5 Å². The standard InChI is InChI=1S/C21H18F3N7O3.H2S/c22-21(23,24)16-2-1-7-29(16)14-5-3-12(4-6-14)10-30-17-15(9-26-30)27-20(28-18(17)32)31-11-13(8-25-31)19(33)34;/h3-6,8-9,11,16H,1-2,7,10H2,(H,33,34)(H,27,28,32);1H2/t16-;/m0./s1. The van der Waals surface area contributed by atoms with E-state index in [1.54, 1.807) is 24.3 Å². The summed E-state index contributed by atoms with van der Waals surface area (Å²) in [4.78, 5) is 32.0. The molecule has 0 unspecified atom stereocenters. The van der Waals surface area contributed by atoms with Gasteiger partial charge in [-0.1, -0.05) is 12.1 Å². The number of nitrogens with zero attached hydrogens (tertiary/aromatic N) is 6. The number of aromatic amines is 1. The normalized spacial score (nSPS) is 16.0. The maximum Gasteiger partial charge on any atom is 0.408 e. The summed E-state index contributed by atoms with van der Waals surface area (Å²) in [5.41, 5.74) is 1.18. The lowest BCUT2D eigenvalue weighted by Crippen LogP contribution is -2.41. The first-order valence-electron chi connectivity index (χ1n) is 10.4. The molecule has 0 bridgehead atoms. The van der Waals surface area contributed by atoms with Gasteiger partial charge in [0.2, 0.25) is 5.95 Å². The summed E-state index contributed by atoms with van der Waals surface area (Å²) in [6.45, 7) is 0.558. The van der Waals surface area contributed by atoms with Gasteiger partial charge < -0.3 is 10.0 Å². The summed E-state index contributed by atoms with van der Waals surface area (Å²) in [6.07, 6.45) is 0.0575. The Kier molecular flexibility index (Phi) is 6.32. The van der Waals surface area contributed by atoms with Crippen LogP contribution in [0.5, 0.6) is 0 Å². The molecule has 1 aliphatic rings. The molecule has 3 aromatic heterocycles. The number of halogens is 3. The monoisotopic (exact) mass is 507 g/mol. The van der Waals surface area contributed by atoms with Gasteiger partial charge in [0.15, 0.2) is 5.52 Å². The molecule has 14 heteroatoms. The molecular formula is C21H20F3N7O3S. The Hall–Kier alpha value is -3.81. The van der Waals surface area contributed by atoms with Gasteiger partial charge >= 0.3 is 12.1 Å². The molecule has 1 aliphatic heterocycles. The topological polar surface area (TPSA) is 122 Å². The third kappa shape index (κ3) is 4.60. The van der Waals surface area contributed by atoms with Gasteiger partial charge in [-0.05, 0) is 30.5 Å². The van der Waals surface area contributed by atoms with Gasteiger partial charge in [-0.25, -0.2) is 14.5 Å². The van der Waals surface area contributed by atoms with Crippen LogP contribution < -0.4 is 10.5 Å². The van der Waals surface area contributed by atoms with E-state index in [9.17, 15) is 22.8 Å². The average Bonchev–Trinajstić information content (AvgIpc) is 3.53. The highest BCUT2D eigenvalue weighted by atomic mass is 32.1. The summed E-state index contributed by atoms with van der Waals surface area (Å²) in [5.74, 6) is -1.12. The number of nitrogens with one attached hydrogen (secondary N) is 1. The van der Waals surface area contributed by atoms with Gasteiger partial charge in [-0.3, -0.25) is 14.5 Å². The Morgan fingerprint density at radius 3 is 2.57 bits per heavy atom. The van der Waals surface area contributed by atoms with Gasteiger partial charge in [0.25, 0.3) is 5.56 Å². The SMILES string of the molecule is O=C(O)c1cnn(-c2nc3cnn(Cc4ccc(N5CCC[C@H]5C(F)(F)F)cc4)c3c(=O)[nH]2)c1.S. The van der Waals surface area contributed by atoms with Crippen LogP contribution in [0.15, 0.2) is 47.7 Å². The van der Waals surface area contributed by atoms with E-state index in [-0.39, 0.29) is 49.0 Å². The molecule has 1 saturated heterocycles. The highest BCUT2D eigenvalue weighted by Gasteiger charge is 2.45. The zero-order valence-electron chi connectivity index (χ0n) is 18.0. The van der Waals surface area contributed by atoms with E-state index >= 15 is 0 Å². The van der Waals surface area contributed by atoms with E-state index in [0.29, 0.717) is 18.7 Å². The third-order valence-electron chi connectivity index (χ3n) is 5.76. The molecule has 0 saturated carbocycles. The Labute approximate surface area is 202 Å². The highest BCUT2D eigenvalue weighted by Crippen LogP contribution is 2.36. The predicted octanol–water partition coefficient (Wildman–Crippen LogP) is 2.70. The third-order valence-corrected chi connectivity index (χ3v) is 5.76. The molecule has 184 valence electrons. The maximum atomic E-state index is 13.3. The molecule has 0 spiro atoms. The van der Waals surface area contributed by atoms with Crippen molar-refractivity contribution in [2.24, 2.45) is 0 Å². The number of carboxylic acids is 1. The number of anilines is 1. The predicted molar refractivity (Wildman–Crippen MR) is 125 cm³/mol. The van der Waals surface area contributed by atoms with E-state index in [0.717, 1.165) is 16.4 Å². The Bertz CT molecular complexity index is 1430. The first kappa shape index (κ1) is 24.3.